The Morgan fingerprint density at radius 3 is 2.38 bits per heavy atom. The molecule has 172 valence electrons. The summed E-state index contributed by atoms with van der Waals surface area (Å²) in [6.07, 6.45) is -1.63. The molecule has 0 unspecified atom stereocenters. The van der Waals surface area contributed by atoms with E-state index in [1.807, 2.05) is 0 Å². The first-order valence-electron chi connectivity index (χ1n) is 11.1. The predicted octanol–water partition coefficient (Wildman–Crippen LogP) is 1.79. The van der Waals surface area contributed by atoms with Crippen LogP contribution in [-0.4, -0.2) is 53.2 Å². The Hall–Kier alpha value is -2.32. The summed E-state index contributed by atoms with van der Waals surface area (Å²) < 4.78 is 16.8. The summed E-state index contributed by atoms with van der Waals surface area (Å²) in [4.78, 5) is 52.9. The van der Waals surface area contributed by atoms with Crippen molar-refractivity contribution in [2.45, 2.75) is 71.9 Å². The van der Waals surface area contributed by atoms with Gasteiger partial charge < -0.3 is 19.3 Å². The maximum Gasteiger partial charge on any atom is 0.314 e. The van der Waals surface area contributed by atoms with Crippen molar-refractivity contribution in [2.75, 3.05) is 6.61 Å². The standard InChI is InChI=1S/C24H28O8/c1-10-19(28)17-18-20(30-10)31-21(29)23(18,4)8-14-12(9-25)11-6-16(27)32-22(2,3)13(11)7-15(26)24(14,17)5/h10,17-18,20,25H,6-9H2,1-5H3/t10-,17-,18-,20+,23-,24+/m1/s1. The molecule has 1 saturated carbocycles. The van der Waals surface area contributed by atoms with Crippen molar-refractivity contribution in [2.24, 2.45) is 22.7 Å². The van der Waals surface area contributed by atoms with Crippen molar-refractivity contribution in [3.8, 4) is 0 Å². The highest BCUT2D eigenvalue weighted by atomic mass is 16.7. The van der Waals surface area contributed by atoms with Crippen LogP contribution in [0.4, 0.5) is 0 Å². The van der Waals surface area contributed by atoms with Gasteiger partial charge >= 0.3 is 11.9 Å². The second-order valence-corrected chi connectivity index (χ2v) is 10.6. The Morgan fingerprint density at radius 1 is 1.03 bits per heavy atom. The van der Waals surface area contributed by atoms with Crippen molar-refractivity contribution in [1.82, 2.24) is 0 Å². The van der Waals surface area contributed by atoms with Crippen LogP contribution < -0.4 is 0 Å². The summed E-state index contributed by atoms with van der Waals surface area (Å²) in [6, 6.07) is 0. The van der Waals surface area contributed by atoms with E-state index in [1.165, 1.54) is 0 Å². The molecule has 1 N–H and O–H groups in total. The van der Waals surface area contributed by atoms with E-state index in [2.05, 4.69) is 0 Å². The third kappa shape index (κ3) is 2.45. The molecule has 6 atom stereocenters. The number of ether oxygens (including phenoxy) is 3. The number of ketones is 2. The molecule has 5 aliphatic rings. The van der Waals surface area contributed by atoms with Gasteiger partial charge in [-0.15, -0.1) is 0 Å². The van der Waals surface area contributed by atoms with E-state index in [0.717, 1.165) is 0 Å². The summed E-state index contributed by atoms with van der Waals surface area (Å²) in [5.41, 5.74) is -1.06. The lowest BCUT2D eigenvalue weighted by molar-refractivity contribution is -0.211. The fraction of sp³-hybridized carbons (Fsp3) is 0.667. The van der Waals surface area contributed by atoms with Crippen LogP contribution in [0, 0.1) is 22.7 Å². The van der Waals surface area contributed by atoms with Gasteiger partial charge in [0.25, 0.3) is 0 Å². The van der Waals surface area contributed by atoms with E-state index in [1.54, 1.807) is 34.6 Å². The van der Waals surface area contributed by atoms with Crippen LogP contribution >= 0.6 is 0 Å². The molecule has 0 aromatic carbocycles. The molecule has 2 aliphatic carbocycles. The van der Waals surface area contributed by atoms with E-state index < -0.39 is 59.2 Å². The first-order chi connectivity index (χ1) is 14.9. The van der Waals surface area contributed by atoms with Gasteiger partial charge in [0.15, 0.2) is 5.78 Å². The molecule has 3 aliphatic heterocycles. The van der Waals surface area contributed by atoms with Crippen LogP contribution in [0.25, 0.3) is 0 Å². The number of rotatable bonds is 1. The molecule has 3 heterocycles. The first-order valence-corrected chi connectivity index (χ1v) is 11.1. The molecule has 5 rings (SSSR count). The molecular weight excluding hydrogens is 416 g/mol. The number of fused-ring (bicyclic) bond motifs is 2. The fourth-order valence-electron chi connectivity index (χ4n) is 6.74. The Bertz CT molecular complexity index is 1050. The smallest absolute Gasteiger partial charge is 0.314 e. The second kappa shape index (κ2) is 6.38. The van der Waals surface area contributed by atoms with Crippen LogP contribution in [0.3, 0.4) is 0 Å². The topological polar surface area (TPSA) is 116 Å². The number of allylic oxidation sites excluding steroid dienone is 1. The molecule has 0 bridgehead atoms. The number of hydrogen-bond acceptors (Lipinski definition) is 8. The van der Waals surface area contributed by atoms with Gasteiger partial charge in [0, 0.05) is 18.3 Å². The summed E-state index contributed by atoms with van der Waals surface area (Å²) in [5, 5.41) is 10.5. The van der Waals surface area contributed by atoms with Crippen LogP contribution in [0.1, 0.15) is 53.9 Å². The van der Waals surface area contributed by atoms with Gasteiger partial charge in [0.1, 0.15) is 17.5 Å². The molecule has 3 fully saturated rings. The summed E-state index contributed by atoms with van der Waals surface area (Å²) >= 11 is 0. The highest BCUT2D eigenvalue weighted by molar-refractivity contribution is 6.01. The molecular formula is C24H28O8. The quantitative estimate of drug-likeness (QED) is 0.609. The first kappa shape index (κ1) is 21.5. The maximum absolute atomic E-state index is 14.0. The lowest BCUT2D eigenvalue weighted by Crippen LogP contribution is -2.61. The minimum Gasteiger partial charge on any atom is -0.455 e. The van der Waals surface area contributed by atoms with Crippen molar-refractivity contribution in [1.29, 1.82) is 0 Å². The van der Waals surface area contributed by atoms with E-state index >= 15 is 0 Å². The SMILES string of the molecule is C[C@H]1O[C@H]2OC(=O)[C@]3(C)CC4=C(CO)C5=C(CC(=O)[C@@]4(C)[C@@H](C1=O)[C@H]23)C(C)(C)OC(=O)C5. The van der Waals surface area contributed by atoms with Crippen LogP contribution in [0.5, 0.6) is 0 Å². The fourth-order valence-corrected chi connectivity index (χ4v) is 6.74. The Labute approximate surface area is 186 Å². The number of cyclic esters (lactones) is 1. The van der Waals surface area contributed by atoms with E-state index in [9.17, 15) is 24.3 Å². The number of carbonyl (C=O) groups excluding carboxylic acids is 4. The van der Waals surface area contributed by atoms with E-state index in [-0.39, 0.29) is 30.8 Å². The zero-order valence-corrected chi connectivity index (χ0v) is 18.9. The number of esters is 2. The molecule has 0 spiro atoms. The average Bonchev–Trinajstić information content (AvgIpc) is 2.88. The number of carbonyl (C=O) groups is 4. The van der Waals surface area contributed by atoms with Crippen LogP contribution in [0.15, 0.2) is 22.3 Å². The minimum atomic E-state index is -1.25. The predicted molar refractivity (Wildman–Crippen MR) is 109 cm³/mol. The van der Waals surface area contributed by atoms with Gasteiger partial charge in [-0.1, -0.05) is 0 Å². The average molecular weight is 444 g/mol. The highest BCUT2D eigenvalue weighted by Gasteiger charge is 2.71. The molecule has 8 nitrogen and oxygen atoms in total. The van der Waals surface area contributed by atoms with Crippen LogP contribution in [0.2, 0.25) is 0 Å². The molecule has 8 heteroatoms. The van der Waals surface area contributed by atoms with Crippen molar-refractivity contribution in [3.63, 3.8) is 0 Å². The normalized spacial score (nSPS) is 42.7. The minimum absolute atomic E-state index is 0.00103. The largest absolute Gasteiger partial charge is 0.455 e. The number of aliphatic hydroxyl groups is 1. The summed E-state index contributed by atoms with van der Waals surface area (Å²) in [7, 11) is 0. The summed E-state index contributed by atoms with van der Waals surface area (Å²) in [6.45, 7) is 8.14. The molecule has 0 radical (unpaired) electrons. The van der Waals surface area contributed by atoms with Gasteiger partial charge in [-0.25, -0.2) is 0 Å². The molecule has 0 amide bonds. The molecule has 0 aromatic heterocycles. The molecule has 0 aromatic rings. The Balaban J connectivity index is 1.81. The Kier molecular flexibility index (Phi) is 4.29. The van der Waals surface area contributed by atoms with Gasteiger partial charge in [-0.2, -0.15) is 0 Å². The van der Waals surface area contributed by atoms with Gasteiger partial charge in [0.05, 0.1) is 23.9 Å². The zero-order chi connectivity index (χ0) is 23.4. The number of aliphatic hydroxyl groups excluding tert-OH is 1. The molecule has 2 saturated heterocycles. The van der Waals surface area contributed by atoms with Gasteiger partial charge in [0.2, 0.25) is 6.29 Å². The second-order valence-electron chi connectivity index (χ2n) is 10.6. The third-order valence-corrected chi connectivity index (χ3v) is 8.50. The Morgan fingerprint density at radius 2 is 1.72 bits per heavy atom. The van der Waals surface area contributed by atoms with Crippen molar-refractivity contribution >= 4 is 23.5 Å². The molecule has 32 heavy (non-hydrogen) atoms. The lowest BCUT2D eigenvalue weighted by Gasteiger charge is -2.53. The third-order valence-electron chi connectivity index (χ3n) is 8.50. The van der Waals surface area contributed by atoms with E-state index in [0.29, 0.717) is 22.3 Å². The lowest BCUT2D eigenvalue weighted by atomic mass is 9.48. The monoisotopic (exact) mass is 444 g/mol. The van der Waals surface area contributed by atoms with Gasteiger partial charge in [-0.3, -0.25) is 19.2 Å². The highest BCUT2D eigenvalue weighted by Crippen LogP contribution is 2.65. The van der Waals surface area contributed by atoms with Crippen molar-refractivity contribution < 1.29 is 38.5 Å². The van der Waals surface area contributed by atoms with Crippen molar-refractivity contribution in [3.05, 3.63) is 22.3 Å². The number of hydrogen-bond donors (Lipinski definition) is 1. The zero-order valence-electron chi connectivity index (χ0n) is 18.9. The van der Waals surface area contributed by atoms with Crippen LogP contribution in [-0.2, 0) is 33.4 Å². The van der Waals surface area contributed by atoms with Gasteiger partial charge in [-0.05, 0) is 63.3 Å². The summed E-state index contributed by atoms with van der Waals surface area (Å²) in [5.74, 6) is -2.76. The van der Waals surface area contributed by atoms with E-state index in [4.69, 9.17) is 14.2 Å². The maximum atomic E-state index is 14.0. The number of Topliss-reactive ketones (excluding diaryl/α,β-unsaturated/α-hetero) is 2.